The quantitative estimate of drug-likeness (QED) is 0.177. The molecule has 2 rings (SSSR count). The highest BCUT2D eigenvalue weighted by Gasteiger charge is 2.19. The number of anilines is 1. The largest absolute Gasteiger partial charge is 0.505 e. The second-order valence-corrected chi connectivity index (χ2v) is 7.46. The van der Waals surface area contributed by atoms with Gasteiger partial charge in [-0.2, -0.15) is 5.10 Å². The van der Waals surface area contributed by atoms with E-state index in [9.17, 15) is 9.90 Å². The van der Waals surface area contributed by atoms with Crippen molar-refractivity contribution in [2.45, 2.75) is 6.54 Å². The first-order valence-electron chi connectivity index (χ1n) is 8.30. The van der Waals surface area contributed by atoms with Crippen molar-refractivity contribution in [3.63, 3.8) is 0 Å². The Labute approximate surface area is 188 Å². The summed E-state index contributed by atoms with van der Waals surface area (Å²) in [6.45, 7) is 4.26. The highest BCUT2D eigenvalue weighted by Crippen LogP contribution is 2.34. The summed E-state index contributed by atoms with van der Waals surface area (Å²) in [6.07, 6.45) is 1.61. The molecule has 2 aromatic carbocycles. The van der Waals surface area contributed by atoms with Crippen molar-refractivity contribution >= 4 is 63.8 Å². The van der Waals surface area contributed by atoms with Gasteiger partial charge in [0.05, 0.1) is 25.8 Å². The zero-order chi connectivity index (χ0) is 21.6. The fourth-order valence-corrected chi connectivity index (χ4v) is 3.15. The Bertz CT molecular complexity index is 927. The molecule has 0 unspecified atom stereocenters. The maximum Gasteiger partial charge on any atom is 0.291 e. The van der Waals surface area contributed by atoms with Crippen LogP contribution < -0.4 is 10.7 Å². The third-order valence-electron chi connectivity index (χ3n) is 3.75. The van der Waals surface area contributed by atoms with E-state index >= 15 is 0 Å². The number of nitrogens with one attached hydrogen (secondary N) is 2. The normalized spacial score (nSPS) is 11.1. The maximum absolute atomic E-state index is 12.9. The molecule has 0 aliphatic carbocycles. The zero-order valence-corrected chi connectivity index (χ0v) is 18.4. The minimum Gasteiger partial charge on any atom is -0.505 e. The van der Waals surface area contributed by atoms with E-state index in [4.69, 9.17) is 46.4 Å². The Balaban J connectivity index is 2.21. The summed E-state index contributed by atoms with van der Waals surface area (Å²) < 4.78 is 0. The van der Waals surface area contributed by atoms with Crippen LogP contribution >= 0.6 is 46.4 Å². The molecule has 2 aromatic rings. The van der Waals surface area contributed by atoms with Crippen LogP contribution in [0.25, 0.3) is 0 Å². The molecule has 0 bridgehead atoms. The third kappa shape index (κ3) is 6.18. The van der Waals surface area contributed by atoms with Crippen molar-refractivity contribution in [3.8, 4) is 5.75 Å². The van der Waals surface area contributed by atoms with Gasteiger partial charge in [0.2, 0.25) is 5.84 Å². The number of rotatable bonds is 6. The van der Waals surface area contributed by atoms with E-state index < -0.39 is 0 Å². The summed E-state index contributed by atoms with van der Waals surface area (Å²) in [5.41, 5.74) is 3.90. The van der Waals surface area contributed by atoms with E-state index in [1.807, 2.05) is 0 Å². The lowest BCUT2D eigenvalue weighted by Crippen LogP contribution is -2.42. The highest BCUT2D eigenvalue weighted by molar-refractivity contribution is 6.42. The molecule has 6 nitrogen and oxygen atoms in total. The fourth-order valence-electron chi connectivity index (χ4n) is 2.34. The van der Waals surface area contributed by atoms with E-state index in [0.29, 0.717) is 15.7 Å². The first-order chi connectivity index (χ1) is 13.8. The summed E-state index contributed by atoms with van der Waals surface area (Å²) in [6, 6.07) is 8.01. The van der Waals surface area contributed by atoms with Crippen molar-refractivity contribution in [3.05, 3.63) is 68.6 Å². The second-order valence-electron chi connectivity index (χ2n) is 5.83. The monoisotopic (exact) mass is 474 g/mol. The first-order valence-corrected chi connectivity index (χ1v) is 9.81. The molecule has 0 fully saturated rings. The average molecular weight is 476 g/mol. The van der Waals surface area contributed by atoms with E-state index in [0.717, 1.165) is 5.56 Å². The SMILES string of the molecule is C=CCN(Cc1ccc(Cl)c(Cl)c1)C(=O)/C(=N/Nc1cc(Cl)c(O)c(Cl)c1)NC. The Morgan fingerprint density at radius 2 is 1.79 bits per heavy atom. The third-order valence-corrected chi connectivity index (χ3v) is 5.06. The van der Waals surface area contributed by atoms with Crippen molar-refractivity contribution in [1.29, 1.82) is 0 Å². The number of hydrazone groups is 1. The van der Waals surface area contributed by atoms with Gasteiger partial charge in [-0.3, -0.25) is 10.2 Å². The molecular weight excluding hydrogens is 458 g/mol. The lowest BCUT2D eigenvalue weighted by molar-refractivity contribution is -0.124. The Morgan fingerprint density at radius 1 is 1.14 bits per heavy atom. The standard InChI is InChI=1S/C19H18Cl4N4O2/c1-3-6-27(10-11-4-5-13(20)14(21)7-11)19(29)18(24-2)26-25-12-8-15(22)17(28)16(23)9-12/h3-5,7-9,25,28H,1,6,10H2,2H3,(H,24,26). The van der Waals surface area contributed by atoms with E-state index in [1.165, 1.54) is 17.0 Å². The minimum absolute atomic E-state index is 0.0484. The summed E-state index contributed by atoms with van der Waals surface area (Å²) in [5, 5.41) is 17.4. The predicted molar refractivity (Wildman–Crippen MR) is 120 cm³/mol. The van der Waals surface area contributed by atoms with Gasteiger partial charge in [-0.1, -0.05) is 58.5 Å². The minimum atomic E-state index is -0.373. The lowest BCUT2D eigenvalue weighted by Gasteiger charge is -2.22. The Kier molecular flexibility index (Phi) is 8.46. The molecule has 0 aliphatic rings. The van der Waals surface area contributed by atoms with Gasteiger partial charge in [-0.15, -0.1) is 6.58 Å². The number of aromatic hydroxyl groups is 1. The van der Waals surface area contributed by atoms with E-state index in [1.54, 1.807) is 31.3 Å². The molecule has 0 heterocycles. The van der Waals surface area contributed by atoms with E-state index in [2.05, 4.69) is 22.4 Å². The van der Waals surface area contributed by atoms with Gasteiger partial charge in [0.15, 0.2) is 5.75 Å². The van der Waals surface area contributed by atoms with Crippen molar-refractivity contribution in [1.82, 2.24) is 10.2 Å². The second kappa shape index (κ2) is 10.6. The summed E-state index contributed by atoms with van der Waals surface area (Å²) in [4.78, 5) is 14.5. The van der Waals surface area contributed by atoms with Gasteiger partial charge >= 0.3 is 0 Å². The molecule has 29 heavy (non-hydrogen) atoms. The lowest BCUT2D eigenvalue weighted by atomic mass is 10.2. The Hall–Kier alpha value is -2.12. The summed E-state index contributed by atoms with van der Waals surface area (Å²) in [5.74, 6) is -0.555. The van der Waals surface area contributed by atoms with Crippen LogP contribution in [0.15, 0.2) is 48.1 Å². The summed E-state index contributed by atoms with van der Waals surface area (Å²) in [7, 11) is 1.57. The van der Waals surface area contributed by atoms with Crippen LogP contribution in [0.4, 0.5) is 5.69 Å². The number of phenols is 1. The molecule has 0 saturated heterocycles. The van der Waals surface area contributed by atoms with Crippen LogP contribution in [-0.4, -0.2) is 35.3 Å². The van der Waals surface area contributed by atoms with Crippen LogP contribution in [-0.2, 0) is 11.3 Å². The van der Waals surface area contributed by atoms with Gasteiger partial charge in [0, 0.05) is 20.1 Å². The number of amidine groups is 1. The molecular formula is C19H18Cl4N4O2. The van der Waals surface area contributed by atoms with Gasteiger partial charge < -0.3 is 15.3 Å². The zero-order valence-electron chi connectivity index (χ0n) is 15.3. The number of hydrogen-bond acceptors (Lipinski definition) is 4. The maximum atomic E-state index is 12.9. The van der Waals surface area contributed by atoms with Crippen LogP contribution in [0.1, 0.15) is 5.56 Å². The number of amides is 1. The van der Waals surface area contributed by atoms with Gasteiger partial charge in [-0.25, -0.2) is 0 Å². The molecule has 0 radical (unpaired) electrons. The van der Waals surface area contributed by atoms with Crippen molar-refractivity contribution < 1.29 is 9.90 Å². The highest BCUT2D eigenvalue weighted by atomic mass is 35.5. The number of halogens is 4. The van der Waals surface area contributed by atoms with Crippen molar-refractivity contribution in [2.75, 3.05) is 19.0 Å². The molecule has 0 aliphatic heterocycles. The summed E-state index contributed by atoms with van der Waals surface area (Å²) >= 11 is 23.8. The van der Waals surface area contributed by atoms with Gasteiger partial charge in [0.1, 0.15) is 0 Å². The number of likely N-dealkylation sites (N-methyl/N-ethyl adjacent to an activating group) is 1. The first kappa shape index (κ1) is 23.2. The molecule has 154 valence electrons. The molecule has 0 spiro atoms. The van der Waals surface area contributed by atoms with Gasteiger partial charge in [-0.05, 0) is 29.8 Å². The number of hydrogen-bond donors (Lipinski definition) is 3. The fraction of sp³-hybridized carbons (Fsp3) is 0.158. The van der Waals surface area contributed by atoms with Gasteiger partial charge in [0.25, 0.3) is 5.91 Å². The molecule has 0 atom stereocenters. The van der Waals surface area contributed by atoms with Crippen LogP contribution in [0.3, 0.4) is 0 Å². The average Bonchev–Trinajstić information content (AvgIpc) is 2.68. The van der Waals surface area contributed by atoms with E-state index in [-0.39, 0.29) is 40.6 Å². The number of carbonyl (C=O) groups is 1. The number of benzene rings is 2. The molecule has 10 heteroatoms. The van der Waals surface area contributed by atoms with Crippen LogP contribution in [0.5, 0.6) is 5.75 Å². The Morgan fingerprint density at radius 3 is 2.34 bits per heavy atom. The van der Waals surface area contributed by atoms with Crippen molar-refractivity contribution in [2.24, 2.45) is 5.10 Å². The molecule has 0 saturated carbocycles. The smallest absolute Gasteiger partial charge is 0.291 e. The number of nitrogens with zero attached hydrogens (tertiary/aromatic N) is 2. The molecule has 3 N–H and O–H groups in total. The molecule has 0 aromatic heterocycles. The predicted octanol–water partition coefficient (Wildman–Crippen LogP) is 5.17. The van der Waals surface area contributed by atoms with Crippen LogP contribution in [0, 0.1) is 0 Å². The number of carbonyl (C=O) groups excluding carboxylic acids is 1. The van der Waals surface area contributed by atoms with Crippen LogP contribution in [0.2, 0.25) is 20.1 Å². The molecule has 1 amide bonds. The number of phenolic OH excluding ortho intramolecular Hbond substituents is 1. The topological polar surface area (TPSA) is 77.0 Å².